The molecule has 2 N–H and O–H groups in total. The highest BCUT2D eigenvalue weighted by molar-refractivity contribution is 6.30. The molecular formula is C20H24ClN3O2. The Bertz CT molecular complexity index is 745. The molecule has 0 aliphatic heterocycles. The lowest BCUT2D eigenvalue weighted by atomic mass is 10.1. The molecule has 138 valence electrons. The van der Waals surface area contributed by atoms with E-state index < -0.39 is 0 Å². The van der Waals surface area contributed by atoms with Crippen molar-refractivity contribution in [2.75, 3.05) is 17.7 Å². The van der Waals surface area contributed by atoms with E-state index >= 15 is 0 Å². The van der Waals surface area contributed by atoms with Crippen molar-refractivity contribution in [3.8, 4) is 0 Å². The summed E-state index contributed by atoms with van der Waals surface area (Å²) in [4.78, 5) is 25.5. The molecule has 26 heavy (non-hydrogen) atoms. The largest absolute Gasteiger partial charge is 0.326 e. The molecule has 0 aliphatic carbocycles. The lowest BCUT2D eigenvalue weighted by Gasteiger charge is -2.25. The summed E-state index contributed by atoms with van der Waals surface area (Å²) in [6.45, 7) is 3.79. The van der Waals surface area contributed by atoms with E-state index in [1.807, 2.05) is 31.2 Å². The molecule has 1 atom stereocenters. The first-order valence-electron chi connectivity index (χ1n) is 8.57. The van der Waals surface area contributed by atoms with Gasteiger partial charge in [-0.3, -0.25) is 4.79 Å². The van der Waals surface area contributed by atoms with E-state index in [4.69, 9.17) is 11.6 Å². The minimum absolute atomic E-state index is 0.0271. The van der Waals surface area contributed by atoms with Gasteiger partial charge in [0.1, 0.15) is 0 Å². The van der Waals surface area contributed by atoms with Gasteiger partial charge in [-0.15, -0.1) is 0 Å². The summed E-state index contributed by atoms with van der Waals surface area (Å²) in [5, 5.41) is 6.34. The highest BCUT2D eigenvalue weighted by Gasteiger charge is 2.16. The molecule has 0 fully saturated rings. The second-order valence-corrected chi connectivity index (χ2v) is 6.64. The lowest BCUT2D eigenvalue weighted by Crippen LogP contribution is -2.39. The van der Waals surface area contributed by atoms with E-state index in [-0.39, 0.29) is 18.0 Å². The van der Waals surface area contributed by atoms with Crippen LogP contribution < -0.4 is 10.6 Å². The number of benzene rings is 2. The van der Waals surface area contributed by atoms with Gasteiger partial charge in [-0.2, -0.15) is 0 Å². The molecule has 0 saturated carbocycles. The summed E-state index contributed by atoms with van der Waals surface area (Å²) in [5.74, 6) is -0.0439. The SMILES string of the molecule is CCC(=O)Nc1ccc(NC(=O)N(C)C(C)Cc2ccc(Cl)cc2)cc1. The number of amides is 3. The highest BCUT2D eigenvalue weighted by Crippen LogP contribution is 2.16. The number of carbonyl (C=O) groups excluding carboxylic acids is 2. The van der Waals surface area contributed by atoms with Crippen molar-refractivity contribution in [2.45, 2.75) is 32.7 Å². The van der Waals surface area contributed by atoms with Crippen LogP contribution in [0.3, 0.4) is 0 Å². The average Bonchev–Trinajstić information content (AvgIpc) is 2.64. The van der Waals surface area contributed by atoms with Crippen molar-refractivity contribution in [2.24, 2.45) is 0 Å². The van der Waals surface area contributed by atoms with Crippen molar-refractivity contribution < 1.29 is 9.59 Å². The number of nitrogens with one attached hydrogen (secondary N) is 2. The fourth-order valence-electron chi connectivity index (χ4n) is 2.40. The molecule has 0 heterocycles. The molecule has 1 unspecified atom stereocenters. The van der Waals surface area contributed by atoms with Crippen molar-refractivity contribution in [1.29, 1.82) is 0 Å². The van der Waals surface area contributed by atoms with Crippen LogP contribution in [0.15, 0.2) is 48.5 Å². The number of carbonyl (C=O) groups is 2. The summed E-state index contributed by atoms with van der Waals surface area (Å²) in [6, 6.07) is 14.5. The Hall–Kier alpha value is -2.53. The van der Waals surface area contributed by atoms with Crippen LogP contribution >= 0.6 is 11.6 Å². The van der Waals surface area contributed by atoms with Crippen LogP contribution in [0.5, 0.6) is 0 Å². The van der Waals surface area contributed by atoms with Crippen LogP contribution in [0, 0.1) is 0 Å². The minimum Gasteiger partial charge on any atom is -0.326 e. The van der Waals surface area contributed by atoms with Gasteiger partial charge in [0.25, 0.3) is 0 Å². The average molecular weight is 374 g/mol. The van der Waals surface area contributed by atoms with E-state index in [0.29, 0.717) is 22.8 Å². The maximum absolute atomic E-state index is 12.4. The minimum atomic E-state index is -0.184. The maximum atomic E-state index is 12.4. The number of halogens is 1. The van der Waals surface area contributed by atoms with Gasteiger partial charge in [-0.05, 0) is 55.3 Å². The Kier molecular flexibility index (Phi) is 7.04. The lowest BCUT2D eigenvalue weighted by molar-refractivity contribution is -0.115. The fraction of sp³-hybridized carbons (Fsp3) is 0.300. The molecular weight excluding hydrogens is 350 g/mol. The van der Waals surface area contributed by atoms with Crippen LogP contribution in [0.1, 0.15) is 25.8 Å². The van der Waals surface area contributed by atoms with Gasteiger partial charge in [0.15, 0.2) is 0 Å². The molecule has 0 saturated heterocycles. The Balaban J connectivity index is 1.91. The zero-order chi connectivity index (χ0) is 19.1. The molecule has 3 amide bonds. The predicted molar refractivity (Wildman–Crippen MR) is 107 cm³/mol. The smallest absolute Gasteiger partial charge is 0.321 e. The first-order valence-corrected chi connectivity index (χ1v) is 8.95. The van der Waals surface area contributed by atoms with Crippen molar-refractivity contribution in [1.82, 2.24) is 4.90 Å². The Morgan fingerprint density at radius 1 is 1.00 bits per heavy atom. The monoisotopic (exact) mass is 373 g/mol. The second kappa shape index (κ2) is 9.25. The first-order chi connectivity index (χ1) is 12.4. The number of hydrogen-bond donors (Lipinski definition) is 2. The van der Waals surface area contributed by atoms with Crippen LogP contribution in [-0.2, 0) is 11.2 Å². The van der Waals surface area contributed by atoms with Gasteiger partial charge in [-0.25, -0.2) is 4.79 Å². The van der Waals surface area contributed by atoms with Gasteiger partial charge in [0.2, 0.25) is 5.91 Å². The zero-order valence-corrected chi connectivity index (χ0v) is 16.0. The van der Waals surface area contributed by atoms with Crippen molar-refractivity contribution >= 4 is 34.9 Å². The quantitative estimate of drug-likeness (QED) is 0.765. The topological polar surface area (TPSA) is 61.4 Å². The molecule has 0 bridgehead atoms. The summed E-state index contributed by atoms with van der Waals surface area (Å²) in [5.41, 5.74) is 2.51. The molecule has 0 aliphatic rings. The Morgan fingerprint density at radius 2 is 1.54 bits per heavy atom. The molecule has 2 rings (SSSR count). The summed E-state index contributed by atoms with van der Waals surface area (Å²) in [6.07, 6.45) is 1.16. The number of anilines is 2. The molecule has 2 aromatic carbocycles. The third kappa shape index (κ3) is 5.77. The number of nitrogens with zero attached hydrogens (tertiary/aromatic N) is 1. The number of urea groups is 1. The van der Waals surface area contributed by atoms with Crippen LogP contribution in [-0.4, -0.2) is 29.9 Å². The normalized spacial score (nSPS) is 11.5. The summed E-state index contributed by atoms with van der Waals surface area (Å²) < 4.78 is 0. The molecule has 0 radical (unpaired) electrons. The molecule has 6 heteroatoms. The predicted octanol–water partition coefficient (Wildman–Crippen LogP) is 4.78. The third-order valence-electron chi connectivity index (χ3n) is 4.17. The fourth-order valence-corrected chi connectivity index (χ4v) is 2.52. The Labute approximate surface area is 159 Å². The third-order valence-corrected chi connectivity index (χ3v) is 4.42. The number of hydrogen-bond acceptors (Lipinski definition) is 2. The second-order valence-electron chi connectivity index (χ2n) is 6.20. The first kappa shape index (κ1) is 19.8. The molecule has 0 aromatic heterocycles. The molecule has 5 nitrogen and oxygen atoms in total. The standard InChI is InChI=1S/C20H24ClN3O2/c1-4-19(25)22-17-9-11-18(12-10-17)23-20(26)24(3)14(2)13-15-5-7-16(21)8-6-15/h5-12,14H,4,13H2,1-3H3,(H,22,25)(H,23,26). The number of rotatable bonds is 6. The van der Waals surface area contributed by atoms with E-state index in [2.05, 4.69) is 10.6 Å². The molecule has 0 spiro atoms. The van der Waals surface area contributed by atoms with Crippen LogP contribution in [0.4, 0.5) is 16.2 Å². The van der Waals surface area contributed by atoms with E-state index in [1.165, 1.54) is 0 Å². The summed E-state index contributed by atoms with van der Waals surface area (Å²) >= 11 is 5.90. The highest BCUT2D eigenvalue weighted by atomic mass is 35.5. The molecule has 2 aromatic rings. The zero-order valence-electron chi connectivity index (χ0n) is 15.3. The van der Waals surface area contributed by atoms with Gasteiger partial charge >= 0.3 is 6.03 Å². The Morgan fingerprint density at radius 3 is 2.08 bits per heavy atom. The van der Waals surface area contributed by atoms with Gasteiger partial charge in [0.05, 0.1) is 0 Å². The van der Waals surface area contributed by atoms with E-state index in [0.717, 1.165) is 12.0 Å². The van der Waals surface area contributed by atoms with Crippen molar-refractivity contribution in [3.05, 3.63) is 59.1 Å². The van der Waals surface area contributed by atoms with Gasteiger partial charge < -0.3 is 15.5 Å². The van der Waals surface area contributed by atoms with E-state index in [9.17, 15) is 9.59 Å². The van der Waals surface area contributed by atoms with Crippen LogP contribution in [0.2, 0.25) is 5.02 Å². The number of likely N-dealkylation sites (N-methyl/N-ethyl adjacent to an activating group) is 1. The van der Waals surface area contributed by atoms with Crippen LogP contribution in [0.25, 0.3) is 0 Å². The van der Waals surface area contributed by atoms with Gasteiger partial charge in [-0.1, -0.05) is 30.7 Å². The van der Waals surface area contributed by atoms with Gasteiger partial charge in [0, 0.05) is 35.9 Å². The maximum Gasteiger partial charge on any atom is 0.321 e. The summed E-state index contributed by atoms with van der Waals surface area (Å²) in [7, 11) is 1.77. The van der Waals surface area contributed by atoms with E-state index in [1.54, 1.807) is 43.1 Å². The van der Waals surface area contributed by atoms with Crippen molar-refractivity contribution in [3.63, 3.8) is 0 Å².